The maximum absolute atomic E-state index is 8.92. The fourth-order valence-corrected chi connectivity index (χ4v) is 2.00. The molecule has 1 fully saturated rings. The largest absolute Gasteiger partial charge is 0.339 e. The Bertz CT molecular complexity index is 437. The van der Waals surface area contributed by atoms with E-state index in [1.807, 2.05) is 6.92 Å². The van der Waals surface area contributed by atoms with E-state index in [1.165, 1.54) is 0 Å². The van der Waals surface area contributed by atoms with Crippen molar-refractivity contribution in [2.75, 3.05) is 38.1 Å². The predicted molar refractivity (Wildman–Crippen MR) is 65.8 cm³/mol. The van der Waals surface area contributed by atoms with Crippen LogP contribution in [0.1, 0.15) is 17.8 Å². The molecule has 0 radical (unpaired) electrons. The third-order valence-corrected chi connectivity index (χ3v) is 2.96. The van der Waals surface area contributed by atoms with E-state index in [0.717, 1.165) is 38.3 Å². The third-order valence-electron chi connectivity index (χ3n) is 2.96. The zero-order chi connectivity index (χ0) is 12.3. The van der Waals surface area contributed by atoms with Crippen molar-refractivity contribution in [3.63, 3.8) is 0 Å². The summed E-state index contributed by atoms with van der Waals surface area (Å²) in [6.07, 6.45) is 1.11. The van der Waals surface area contributed by atoms with Gasteiger partial charge in [0.15, 0.2) is 0 Å². The number of aromatic nitrogens is 2. The zero-order valence-corrected chi connectivity index (χ0v) is 10.3. The number of nitrogens with zero attached hydrogens (tertiary/aromatic N) is 5. The lowest BCUT2D eigenvalue weighted by atomic mass is 10.3. The summed E-state index contributed by atoms with van der Waals surface area (Å²) < 4.78 is 0. The highest BCUT2D eigenvalue weighted by molar-refractivity contribution is 5.36. The van der Waals surface area contributed by atoms with E-state index in [4.69, 9.17) is 5.26 Å². The van der Waals surface area contributed by atoms with E-state index < -0.39 is 0 Å². The quantitative estimate of drug-likeness (QED) is 0.715. The van der Waals surface area contributed by atoms with Gasteiger partial charge in [0.05, 0.1) is 0 Å². The molecule has 5 heteroatoms. The molecular weight excluding hydrogens is 214 g/mol. The number of hydrogen-bond acceptors (Lipinski definition) is 5. The molecule has 1 saturated heterocycles. The van der Waals surface area contributed by atoms with Crippen LogP contribution in [-0.4, -0.2) is 48.1 Å². The monoisotopic (exact) mass is 231 g/mol. The molecule has 2 heterocycles. The van der Waals surface area contributed by atoms with Crippen LogP contribution in [0.2, 0.25) is 0 Å². The standard InChI is InChI=1S/C12H17N5/c1-10-8-11(9-13)15-12(14-10)17-5-3-4-16(2)6-7-17/h8H,3-7H2,1-2H3. The normalized spacial score (nSPS) is 17.6. The van der Waals surface area contributed by atoms with Gasteiger partial charge in [0.1, 0.15) is 11.8 Å². The van der Waals surface area contributed by atoms with Gasteiger partial charge in [-0.2, -0.15) is 5.26 Å². The van der Waals surface area contributed by atoms with Crippen LogP contribution in [0.5, 0.6) is 0 Å². The van der Waals surface area contributed by atoms with E-state index >= 15 is 0 Å². The van der Waals surface area contributed by atoms with Crippen LogP contribution >= 0.6 is 0 Å². The van der Waals surface area contributed by atoms with Crippen molar-refractivity contribution in [2.45, 2.75) is 13.3 Å². The van der Waals surface area contributed by atoms with Crippen molar-refractivity contribution in [1.82, 2.24) is 14.9 Å². The first-order valence-corrected chi connectivity index (χ1v) is 5.88. The van der Waals surface area contributed by atoms with Crippen molar-refractivity contribution < 1.29 is 0 Å². The Hall–Kier alpha value is -1.67. The summed E-state index contributed by atoms with van der Waals surface area (Å²) in [7, 11) is 2.13. The molecular formula is C12H17N5. The molecule has 0 aromatic carbocycles. The lowest BCUT2D eigenvalue weighted by Crippen LogP contribution is -2.30. The Labute approximate surface area is 102 Å². The smallest absolute Gasteiger partial charge is 0.226 e. The van der Waals surface area contributed by atoms with Gasteiger partial charge in [-0.05, 0) is 33.0 Å². The van der Waals surface area contributed by atoms with Gasteiger partial charge >= 0.3 is 0 Å². The Kier molecular flexibility index (Phi) is 3.55. The van der Waals surface area contributed by atoms with Crippen molar-refractivity contribution in [3.05, 3.63) is 17.5 Å². The second-order valence-corrected chi connectivity index (χ2v) is 4.45. The SMILES string of the molecule is Cc1cc(C#N)nc(N2CCCN(C)CC2)n1. The number of nitriles is 1. The number of hydrogen-bond donors (Lipinski definition) is 0. The highest BCUT2D eigenvalue weighted by atomic mass is 15.3. The van der Waals surface area contributed by atoms with Crippen LogP contribution in [-0.2, 0) is 0 Å². The average Bonchev–Trinajstić information content (AvgIpc) is 2.53. The van der Waals surface area contributed by atoms with Gasteiger partial charge in [-0.15, -0.1) is 0 Å². The first-order chi connectivity index (χ1) is 8.19. The lowest BCUT2D eigenvalue weighted by molar-refractivity contribution is 0.360. The molecule has 0 amide bonds. The molecule has 1 aliphatic heterocycles. The number of aryl methyl sites for hydroxylation is 1. The minimum atomic E-state index is 0.449. The van der Waals surface area contributed by atoms with Gasteiger partial charge in [-0.3, -0.25) is 0 Å². The second kappa shape index (κ2) is 5.11. The van der Waals surface area contributed by atoms with Crippen molar-refractivity contribution in [3.8, 4) is 6.07 Å². The Morgan fingerprint density at radius 3 is 2.82 bits per heavy atom. The molecule has 0 atom stereocenters. The van der Waals surface area contributed by atoms with Gasteiger partial charge in [0.2, 0.25) is 5.95 Å². The summed E-state index contributed by atoms with van der Waals surface area (Å²) >= 11 is 0. The Morgan fingerprint density at radius 2 is 2.06 bits per heavy atom. The van der Waals surface area contributed by atoms with E-state index in [1.54, 1.807) is 6.07 Å². The number of anilines is 1. The number of likely N-dealkylation sites (N-methyl/N-ethyl adjacent to an activating group) is 1. The summed E-state index contributed by atoms with van der Waals surface area (Å²) in [4.78, 5) is 13.2. The summed E-state index contributed by atoms with van der Waals surface area (Å²) in [6, 6.07) is 3.80. The van der Waals surface area contributed by atoms with E-state index in [0.29, 0.717) is 11.6 Å². The topological polar surface area (TPSA) is 56.1 Å². The maximum Gasteiger partial charge on any atom is 0.226 e. The molecule has 90 valence electrons. The van der Waals surface area contributed by atoms with Crippen LogP contribution in [0.15, 0.2) is 6.07 Å². The van der Waals surface area contributed by atoms with Crippen LogP contribution in [0.25, 0.3) is 0 Å². The van der Waals surface area contributed by atoms with Gasteiger partial charge in [-0.25, -0.2) is 9.97 Å². The number of rotatable bonds is 1. The molecule has 0 aliphatic carbocycles. The fraction of sp³-hybridized carbons (Fsp3) is 0.583. The van der Waals surface area contributed by atoms with Crippen LogP contribution in [0.4, 0.5) is 5.95 Å². The zero-order valence-electron chi connectivity index (χ0n) is 10.3. The van der Waals surface area contributed by atoms with Crippen LogP contribution in [0.3, 0.4) is 0 Å². The minimum Gasteiger partial charge on any atom is -0.339 e. The van der Waals surface area contributed by atoms with Gasteiger partial charge < -0.3 is 9.80 Å². The van der Waals surface area contributed by atoms with Crippen molar-refractivity contribution in [2.24, 2.45) is 0 Å². The highest BCUT2D eigenvalue weighted by Crippen LogP contribution is 2.12. The molecule has 0 saturated carbocycles. The minimum absolute atomic E-state index is 0.449. The fourth-order valence-electron chi connectivity index (χ4n) is 2.00. The van der Waals surface area contributed by atoms with Gasteiger partial charge in [-0.1, -0.05) is 0 Å². The molecule has 1 aromatic heterocycles. The summed E-state index contributed by atoms with van der Waals surface area (Å²) in [5.41, 5.74) is 1.30. The molecule has 0 unspecified atom stereocenters. The third kappa shape index (κ3) is 2.92. The van der Waals surface area contributed by atoms with Gasteiger partial charge in [0.25, 0.3) is 0 Å². The second-order valence-electron chi connectivity index (χ2n) is 4.45. The average molecular weight is 231 g/mol. The summed E-state index contributed by atoms with van der Waals surface area (Å²) in [5.74, 6) is 0.692. The summed E-state index contributed by atoms with van der Waals surface area (Å²) in [5, 5.41) is 8.92. The molecule has 1 aliphatic rings. The first-order valence-electron chi connectivity index (χ1n) is 5.88. The molecule has 2 rings (SSSR count). The maximum atomic E-state index is 8.92. The van der Waals surface area contributed by atoms with E-state index in [9.17, 15) is 0 Å². The molecule has 0 bridgehead atoms. The lowest BCUT2D eigenvalue weighted by Gasteiger charge is -2.20. The van der Waals surface area contributed by atoms with Crippen molar-refractivity contribution >= 4 is 5.95 Å². The summed E-state index contributed by atoms with van der Waals surface area (Å²) in [6.45, 7) is 5.89. The molecule has 0 spiro atoms. The molecule has 0 N–H and O–H groups in total. The van der Waals surface area contributed by atoms with Crippen LogP contribution in [0, 0.1) is 18.3 Å². The van der Waals surface area contributed by atoms with E-state index in [-0.39, 0.29) is 0 Å². The molecule has 17 heavy (non-hydrogen) atoms. The highest BCUT2D eigenvalue weighted by Gasteiger charge is 2.15. The first kappa shape index (κ1) is 11.8. The molecule has 5 nitrogen and oxygen atoms in total. The molecule has 1 aromatic rings. The predicted octanol–water partition coefficient (Wildman–Crippen LogP) is 0.799. The van der Waals surface area contributed by atoms with Gasteiger partial charge in [0, 0.05) is 25.3 Å². The Balaban J connectivity index is 2.21. The van der Waals surface area contributed by atoms with Crippen LogP contribution < -0.4 is 4.90 Å². The Morgan fingerprint density at radius 1 is 1.24 bits per heavy atom. The van der Waals surface area contributed by atoms with E-state index in [2.05, 4.69) is 32.9 Å². The van der Waals surface area contributed by atoms with Crippen molar-refractivity contribution in [1.29, 1.82) is 5.26 Å².